The third-order valence-corrected chi connectivity index (χ3v) is 4.14. The van der Waals surface area contributed by atoms with Gasteiger partial charge in [-0.25, -0.2) is 14.0 Å². The molecule has 0 aromatic heterocycles. The van der Waals surface area contributed by atoms with E-state index < -0.39 is 17.8 Å². The van der Waals surface area contributed by atoms with Crippen LogP contribution in [-0.2, 0) is 9.59 Å². The Morgan fingerprint density at radius 1 is 0.727 bits per heavy atom. The lowest BCUT2D eigenvalue weighted by Crippen LogP contribution is -2.04. The number of esters is 2. The Morgan fingerprint density at radius 2 is 1.39 bits per heavy atom. The second-order valence-corrected chi connectivity index (χ2v) is 6.47. The lowest BCUT2D eigenvalue weighted by atomic mass is 10.1. The monoisotopic (exact) mass is 436 g/mol. The topological polar surface area (TPSA) is 52.6 Å². The lowest BCUT2D eigenvalue weighted by Gasteiger charge is -2.03. The third-order valence-electron chi connectivity index (χ3n) is 4.14. The van der Waals surface area contributed by atoms with Crippen LogP contribution in [0.3, 0.4) is 0 Å². The van der Waals surface area contributed by atoms with Gasteiger partial charge in [-0.05, 0) is 48.5 Å². The van der Waals surface area contributed by atoms with Gasteiger partial charge in [-0.15, -0.1) is 0 Å². The molecule has 0 aliphatic carbocycles. The first-order valence-corrected chi connectivity index (χ1v) is 9.69. The zero-order valence-corrected chi connectivity index (χ0v) is 17.4. The molecule has 4 nitrogen and oxygen atoms in total. The number of carbonyl (C=O) groups is 2. The van der Waals surface area contributed by atoms with Crippen molar-refractivity contribution in [3.8, 4) is 35.2 Å². The van der Waals surface area contributed by atoms with Crippen LogP contribution in [0.4, 0.5) is 4.39 Å². The number of para-hydroxylation sites is 1. The number of carbonyl (C=O) groups excluding carboxylic acids is 2. The quantitative estimate of drug-likeness (QED) is 0.255. The number of halogens is 1. The highest BCUT2D eigenvalue weighted by atomic mass is 19.1. The molecule has 0 bridgehead atoms. The summed E-state index contributed by atoms with van der Waals surface area (Å²) in [5.74, 6) is 10.2. The molecule has 0 aliphatic rings. The maximum atomic E-state index is 14.5. The van der Waals surface area contributed by atoms with Crippen LogP contribution in [0.15, 0.2) is 92.0 Å². The molecule has 0 atom stereocenters. The van der Waals surface area contributed by atoms with Crippen molar-refractivity contribution >= 4 is 11.9 Å². The highest BCUT2D eigenvalue weighted by Gasteiger charge is 2.05. The van der Waals surface area contributed by atoms with Gasteiger partial charge in [-0.3, -0.25) is 0 Å². The van der Waals surface area contributed by atoms with E-state index in [9.17, 15) is 14.0 Å². The average molecular weight is 436 g/mol. The second kappa shape index (κ2) is 10.9. The number of hydrogen-bond acceptors (Lipinski definition) is 4. The fourth-order valence-corrected chi connectivity index (χ4v) is 2.58. The Labute approximate surface area is 191 Å². The van der Waals surface area contributed by atoms with Gasteiger partial charge < -0.3 is 9.47 Å². The molecular formula is C28H17FO4. The molecule has 0 saturated heterocycles. The summed E-state index contributed by atoms with van der Waals surface area (Å²) in [5, 5.41) is 0. The molecule has 0 saturated carbocycles. The smallest absolute Gasteiger partial charge is 0.335 e. The molecule has 0 unspecified atom stereocenters. The van der Waals surface area contributed by atoms with Gasteiger partial charge in [0.05, 0.1) is 11.1 Å². The van der Waals surface area contributed by atoms with Crippen LogP contribution in [0.25, 0.3) is 0 Å². The summed E-state index contributed by atoms with van der Waals surface area (Å²) in [5.41, 5.74) is 1.66. The fraction of sp³-hybridized carbons (Fsp3) is 0. The summed E-state index contributed by atoms with van der Waals surface area (Å²) in [6.45, 7) is 6.71. The standard InChI is InChI=1S/C28H17FO4/c1-3-27(30)32-24-10-7-8-20(18-24)12-15-22-16-13-21(19-25(22)29)14-17-23-9-5-6-11-26(23)33-28(31)4-2/h3-11,13,16,18-19H,1-2H2. The maximum Gasteiger partial charge on any atom is 0.335 e. The van der Waals surface area contributed by atoms with Crippen LogP contribution in [-0.4, -0.2) is 11.9 Å². The van der Waals surface area contributed by atoms with E-state index in [2.05, 4.69) is 36.8 Å². The summed E-state index contributed by atoms with van der Waals surface area (Å²) in [6, 6.07) is 17.8. The van der Waals surface area contributed by atoms with E-state index in [0.29, 0.717) is 28.2 Å². The molecule has 5 heteroatoms. The van der Waals surface area contributed by atoms with Gasteiger partial charge in [0.2, 0.25) is 0 Å². The molecule has 0 radical (unpaired) electrons. The Balaban J connectivity index is 1.79. The van der Waals surface area contributed by atoms with Crippen molar-refractivity contribution in [2.75, 3.05) is 0 Å². The predicted molar refractivity (Wildman–Crippen MR) is 123 cm³/mol. The highest BCUT2D eigenvalue weighted by Crippen LogP contribution is 2.18. The Morgan fingerprint density at radius 3 is 2.12 bits per heavy atom. The molecule has 0 aliphatic heterocycles. The molecule has 33 heavy (non-hydrogen) atoms. The van der Waals surface area contributed by atoms with Gasteiger partial charge in [0.25, 0.3) is 0 Å². The van der Waals surface area contributed by atoms with E-state index in [1.54, 1.807) is 54.6 Å². The van der Waals surface area contributed by atoms with Crippen LogP contribution in [0.5, 0.6) is 11.5 Å². The van der Waals surface area contributed by atoms with E-state index >= 15 is 0 Å². The van der Waals surface area contributed by atoms with Crippen molar-refractivity contribution < 1.29 is 23.5 Å². The van der Waals surface area contributed by atoms with E-state index in [1.165, 1.54) is 12.1 Å². The van der Waals surface area contributed by atoms with E-state index in [0.717, 1.165) is 12.2 Å². The zero-order chi connectivity index (χ0) is 23.6. The summed E-state index contributed by atoms with van der Waals surface area (Å²) >= 11 is 0. The highest BCUT2D eigenvalue weighted by molar-refractivity contribution is 5.84. The van der Waals surface area contributed by atoms with Gasteiger partial charge >= 0.3 is 11.9 Å². The molecule has 0 amide bonds. The van der Waals surface area contributed by atoms with Crippen molar-refractivity contribution in [1.82, 2.24) is 0 Å². The van der Waals surface area contributed by atoms with Crippen LogP contribution in [0.2, 0.25) is 0 Å². The van der Waals surface area contributed by atoms with Crippen LogP contribution < -0.4 is 9.47 Å². The maximum absolute atomic E-state index is 14.5. The first-order chi connectivity index (χ1) is 16.0. The molecule has 3 aromatic rings. The normalized spacial score (nSPS) is 9.36. The van der Waals surface area contributed by atoms with Crippen LogP contribution in [0.1, 0.15) is 22.3 Å². The minimum absolute atomic E-state index is 0.189. The number of hydrogen-bond donors (Lipinski definition) is 0. The summed E-state index contributed by atoms with van der Waals surface area (Å²) < 4.78 is 24.7. The van der Waals surface area contributed by atoms with Gasteiger partial charge in [-0.1, -0.05) is 55.0 Å². The summed E-state index contributed by atoms with van der Waals surface area (Å²) in [4.78, 5) is 22.8. The molecular weight excluding hydrogens is 419 g/mol. The largest absolute Gasteiger partial charge is 0.423 e. The van der Waals surface area contributed by atoms with Gasteiger partial charge in [-0.2, -0.15) is 0 Å². The van der Waals surface area contributed by atoms with Crippen molar-refractivity contribution in [2.45, 2.75) is 0 Å². The third kappa shape index (κ3) is 6.55. The first kappa shape index (κ1) is 22.8. The number of ether oxygens (including phenoxy) is 2. The number of rotatable bonds is 4. The van der Waals surface area contributed by atoms with Crippen molar-refractivity contribution in [1.29, 1.82) is 0 Å². The zero-order valence-electron chi connectivity index (χ0n) is 17.4. The molecule has 0 N–H and O–H groups in total. The van der Waals surface area contributed by atoms with Gasteiger partial charge in [0.1, 0.15) is 17.3 Å². The second-order valence-electron chi connectivity index (χ2n) is 6.47. The van der Waals surface area contributed by atoms with Crippen molar-refractivity contribution in [3.05, 3.63) is 120 Å². The SMILES string of the molecule is C=CC(=O)Oc1cccc(C#Cc2ccc(C#Cc3ccccc3OC(=O)C=C)cc2F)c1. The molecule has 0 heterocycles. The lowest BCUT2D eigenvalue weighted by molar-refractivity contribution is -0.129. The van der Waals surface area contributed by atoms with E-state index in [-0.39, 0.29) is 5.56 Å². The van der Waals surface area contributed by atoms with Crippen LogP contribution in [0, 0.1) is 29.5 Å². The molecule has 160 valence electrons. The Kier molecular flexibility index (Phi) is 7.57. The van der Waals surface area contributed by atoms with Gasteiger partial charge in [0.15, 0.2) is 0 Å². The minimum atomic E-state index is -0.595. The minimum Gasteiger partial charge on any atom is -0.423 e. The van der Waals surface area contributed by atoms with Crippen LogP contribution >= 0.6 is 0 Å². The predicted octanol–water partition coefficient (Wildman–Crippen LogP) is 4.81. The van der Waals surface area contributed by atoms with Crippen molar-refractivity contribution in [3.63, 3.8) is 0 Å². The first-order valence-electron chi connectivity index (χ1n) is 9.69. The average Bonchev–Trinajstić information content (AvgIpc) is 2.83. The van der Waals surface area contributed by atoms with E-state index in [4.69, 9.17) is 9.47 Å². The molecule has 3 rings (SSSR count). The Bertz CT molecular complexity index is 1360. The summed E-state index contributed by atoms with van der Waals surface area (Å²) in [6.07, 6.45) is 2.12. The Hall–Kier alpha value is -4.87. The molecule has 0 fully saturated rings. The van der Waals surface area contributed by atoms with E-state index in [1.807, 2.05) is 0 Å². The van der Waals surface area contributed by atoms with Gasteiger partial charge in [0, 0.05) is 23.3 Å². The molecule has 3 aromatic carbocycles. The van der Waals surface area contributed by atoms with Crippen molar-refractivity contribution in [2.24, 2.45) is 0 Å². The fourth-order valence-electron chi connectivity index (χ4n) is 2.58. The number of benzene rings is 3. The molecule has 0 spiro atoms. The summed E-state index contributed by atoms with van der Waals surface area (Å²) in [7, 11) is 0.